The molecule has 130 valence electrons. The van der Waals surface area contributed by atoms with Gasteiger partial charge < -0.3 is 15.0 Å². The van der Waals surface area contributed by atoms with Crippen molar-refractivity contribution in [2.75, 3.05) is 13.2 Å². The van der Waals surface area contributed by atoms with Gasteiger partial charge in [0.25, 0.3) is 5.91 Å². The molecule has 1 aromatic heterocycles. The molecule has 0 spiro atoms. The van der Waals surface area contributed by atoms with Crippen LogP contribution in [0.4, 0.5) is 0 Å². The van der Waals surface area contributed by atoms with Crippen LogP contribution in [0.25, 0.3) is 11.0 Å². The van der Waals surface area contributed by atoms with E-state index in [1.165, 1.54) is 5.56 Å². The Hall–Kier alpha value is -3.02. The Labute approximate surface area is 145 Å². The number of rotatable bonds is 6. The molecule has 6 nitrogen and oxygen atoms in total. The summed E-state index contributed by atoms with van der Waals surface area (Å²) in [4.78, 5) is 26.7. The van der Waals surface area contributed by atoms with Crippen LogP contribution in [0.2, 0.25) is 0 Å². The lowest BCUT2D eigenvalue weighted by atomic mass is 10.1. The molecule has 1 heterocycles. The van der Waals surface area contributed by atoms with Crippen molar-refractivity contribution in [3.8, 4) is 5.75 Å². The second-order valence-electron chi connectivity index (χ2n) is 5.98. The lowest BCUT2D eigenvalue weighted by Crippen LogP contribution is -2.33. The van der Waals surface area contributed by atoms with E-state index in [0.717, 1.165) is 16.6 Å². The van der Waals surface area contributed by atoms with Crippen LogP contribution in [0.5, 0.6) is 5.75 Å². The van der Waals surface area contributed by atoms with Crippen molar-refractivity contribution < 1.29 is 9.53 Å². The third kappa shape index (κ3) is 3.91. The van der Waals surface area contributed by atoms with E-state index in [9.17, 15) is 9.59 Å². The maximum Gasteiger partial charge on any atom is 0.326 e. The highest BCUT2D eigenvalue weighted by Gasteiger charge is 2.07. The Morgan fingerprint density at radius 3 is 2.76 bits per heavy atom. The Morgan fingerprint density at radius 1 is 1.16 bits per heavy atom. The van der Waals surface area contributed by atoms with E-state index in [4.69, 9.17) is 4.74 Å². The van der Waals surface area contributed by atoms with E-state index in [-0.39, 0.29) is 18.2 Å². The summed E-state index contributed by atoms with van der Waals surface area (Å²) in [7, 11) is 0. The van der Waals surface area contributed by atoms with Gasteiger partial charge in [0.2, 0.25) is 0 Å². The summed E-state index contributed by atoms with van der Waals surface area (Å²) in [5.41, 5.74) is 3.74. The number of H-pyrrole nitrogens is 1. The summed E-state index contributed by atoms with van der Waals surface area (Å²) in [6.45, 7) is 4.74. The fraction of sp³-hybridized carbons (Fsp3) is 0.263. The molecule has 2 aromatic carbocycles. The number of benzene rings is 2. The maximum absolute atomic E-state index is 12.0. The van der Waals surface area contributed by atoms with Crippen molar-refractivity contribution in [2.24, 2.45) is 0 Å². The van der Waals surface area contributed by atoms with Crippen LogP contribution < -0.4 is 15.7 Å². The number of fused-ring (bicyclic) bond motifs is 1. The molecule has 0 aliphatic rings. The number of ether oxygens (including phenoxy) is 1. The van der Waals surface area contributed by atoms with Crippen LogP contribution in [0.3, 0.4) is 0 Å². The summed E-state index contributed by atoms with van der Waals surface area (Å²) in [6, 6.07) is 13.2. The first kappa shape index (κ1) is 16.8. The molecule has 0 fully saturated rings. The van der Waals surface area contributed by atoms with Crippen molar-refractivity contribution in [3.63, 3.8) is 0 Å². The van der Waals surface area contributed by atoms with Crippen molar-refractivity contribution in [2.45, 2.75) is 20.4 Å². The largest absolute Gasteiger partial charge is 0.484 e. The van der Waals surface area contributed by atoms with Gasteiger partial charge in [0.1, 0.15) is 5.75 Å². The van der Waals surface area contributed by atoms with Gasteiger partial charge >= 0.3 is 5.69 Å². The zero-order valence-electron chi connectivity index (χ0n) is 14.3. The Balaban J connectivity index is 1.51. The van der Waals surface area contributed by atoms with Crippen LogP contribution in [-0.2, 0) is 11.3 Å². The fourth-order valence-corrected chi connectivity index (χ4v) is 2.64. The molecule has 0 unspecified atom stereocenters. The maximum atomic E-state index is 12.0. The average Bonchev–Trinajstić information content (AvgIpc) is 2.92. The number of hydrogen-bond acceptors (Lipinski definition) is 3. The van der Waals surface area contributed by atoms with E-state index in [0.29, 0.717) is 18.8 Å². The molecule has 1 amide bonds. The third-order valence-electron chi connectivity index (χ3n) is 4.19. The highest BCUT2D eigenvalue weighted by molar-refractivity contribution is 5.77. The van der Waals surface area contributed by atoms with Crippen LogP contribution >= 0.6 is 0 Å². The topological polar surface area (TPSA) is 76.1 Å². The van der Waals surface area contributed by atoms with E-state index in [1.807, 2.05) is 56.3 Å². The number of carbonyl (C=O) groups is 1. The van der Waals surface area contributed by atoms with E-state index in [1.54, 1.807) is 4.57 Å². The molecule has 0 aliphatic carbocycles. The zero-order valence-corrected chi connectivity index (χ0v) is 14.3. The number of amides is 1. The van der Waals surface area contributed by atoms with Crippen LogP contribution in [0.15, 0.2) is 47.3 Å². The first-order chi connectivity index (χ1) is 12.0. The van der Waals surface area contributed by atoms with Gasteiger partial charge in [-0.3, -0.25) is 9.36 Å². The first-order valence-electron chi connectivity index (χ1n) is 8.19. The summed E-state index contributed by atoms with van der Waals surface area (Å²) < 4.78 is 7.11. The smallest absolute Gasteiger partial charge is 0.326 e. The predicted molar refractivity (Wildman–Crippen MR) is 97.0 cm³/mol. The fourth-order valence-electron chi connectivity index (χ4n) is 2.64. The molecule has 0 saturated heterocycles. The van der Waals surface area contributed by atoms with Gasteiger partial charge in [-0.1, -0.05) is 18.2 Å². The number of nitrogens with zero attached hydrogens (tertiary/aromatic N) is 1. The van der Waals surface area contributed by atoms with Gasteiger partial charge in [0.05, 0.1) is 11.0 Å². The van der Waals surface area contributed by atoms with Gasteiger partial charge in [-0.25, -0.2) is 4.79 Å². The van der Waals surface area contributed by atoms with Crippen molar-refractivity contribution in [1.29, 1.82) is 0 Å². The standard InChI is InChI=1S/C19H21N3O3/c1-13-7-8-15(11-14(13)2)25-12-18(23)20-9-10-22-17-6-4-3-5-16(17)21-19(22)24/h3-8,11H,9-10,12H2,1-2H3,(H,20,23)(H,21,24). The summed E-state index contributed by atoms with van der Waals surface area (Å²) in [6.07, 6.45) is 0. The van der Waals surface area contributed by atoms with Gasteiger partial charge in [-0.2, -0.15) is 0 Å². The lowest BCUT2D eigenvalue weighted by molar-refractivity contribution is -0.123. The van der Waals surface area contributed by atoms with Crippen molar-refractivity contribution in [3.05, 3.63) is 64.1 Å². The quantitative estimate of drug-likeness (QED) is 0.722. The molecule has 0 bridgehead atoms. The second kappa shape index (κ2) is 7.25. The Bertz CT molecular complexity index is 956. The molecule has 3 rings (SSSR count). The van der Waals surface area contributed by atoms with E-state index < -0.39 is 0 Å². The normalized spacial score (nSPS) is 10.8. The predicted octanol–water partition coefficient (Wildman–Crippen LogP) is 2.14. The third-order valence-corrected chi connectivity index (χ3v) is 4.19. The van der Waals surface area contributed by atoms with E-state index >= 15 is 0 Å². The highest BCUT2D eigenvalue weighted by atomic mass is 16.5. The summed E-state index contributed by atoms with van der Waals surface area (Å²) >= 11 is 0. The highest BCUT2D eigenvalue weighted by Crippen LogP contribution is 2.16. The number of para-hydroxylation sites is 2. The van der Waals surface area contributed by atoms with Crippen LogP contribution in [-0.4, -0.2) is 28.6 Å². The number of aromatic amines is 1. The molecule has 2 N–H and O–H groups in total. The molecule has 6 heteroatoms. The van der Waals surface area contributed by atoms with Crippen LogP contribution in [0, 0.1) is 13.8 Å². The van der Waals surface area contributed by atoms with Crippen molar-refractivity contribution in [1.82, 2.24) is 14.9 Å². The molecule has 0 saturated carbocycles. The van der Waals surface area contributed by atoms with E-state index in [2.05, 4.69) is 10.3 Å². The number of nitrogens with one attached hydrogen (secondary N) is 2. The van der Waals surface area contributed by atoms with Gasteiger partial charge in [-0.05, 0) is 49.2 Å². The molecule has 3 aromatic rings. The number of aryl methyl sites for hydroxylation is 2. The molecule has 0 aliphatic heterocycles. The number of carbonyl (C=O) groups excluding carboxylic acids is 1. The Morgan fingerprint density at radius 2 is 1.96 bits per heavy atom. The number of aromatic nitrogens is 2. The molecule has 0 atom stereocenters. The molecule has 0 radical (unpaired) electrons. The van der Waals surface area contributed by atoms with Crippen molar-refractivity contribution >= 4 is 16.9 Å². The lowest BCUT2D eigenvalue weighted by Gasteiger charge is -2.09. The molecular formula is C19H21N3O3. The molecule has 25 heavy (non-hydrogen) atoms. The second-order valence-corrected chi connectivity index (χ2v) is 5.98. The summed E-state index contributed by atoms with van der Waals surface area (Å²) in [5, 5.41) is 2.77. The Kier molecular flexibility index (Phi) is 4.88. The minimum absolute atomic E-state index is 0.0503. The number of imidazole rings is 1. The summed E-state index contributed by atoms with van der Waals surface area (Å²) in [5.74, 6) is 0.456. The zero-order chi connectivity index (χ0) is 17.8. The minimum Gasteiger partial charge on any atom is -0.484 e. The van der Waals surface area contributed by atoms with Crippen LogP contribution in [0.1, 0.15) is 11.1 Å². The minimum atomic E-state index is -0.217. The van der Waals surface area contributed by atoms with Gasteiger partial charge in [-0.15, -0.1) is 0 Å². The SMILES string of the molecule is Cc1ccc(OCC(=O)NCCn2c(=O)[nH]c3ccccc32)cc1C. The number of hydrogen-bond donors (Lipinski definition) is 2. The molecular weight excluding hydrogens is 318 g/mol. The van der Waals surface area contributed by atoms with Gasteiger partial charge in [0, 0.05) is 13.1 Å². The monoisotopic (exact) mass is 339 g/mol. The van der Waals surface area contributed by atoms with Gasteiger partial charge in [0.15, 0.2) is 6.61 Å². The first-order valence-corrected chi connectivity index (χ1v) is 8.19. The average molecular weight is 339 g/mol.